The normalized spacial score (nSPS) is 16.7. The molecule has 1 aromatic rings. The van der Waals surface area contributed by atoms with Crippen LogP contribution in [-0.2, 0) is 27.2 Å². The Bertz CT molecular complexity index is 918. The first-order valence-corrected chi connectivity index (χ1v) is 13.9. The van der Waals surface area contributed by atoms with E-state index in [1.807, 2.05) is 5.92 Å². The standard InChI is InChI=1S/C20H28F3N3O5Si/c1-32(2,3)11-10-31-14-26-19(29)18(20(21,22)23)16(12-24-26)25-8-4-6-15(25)13-30-9-5-7-17(27)28/h12,15H,4,6,8-11,13-14H2,1-3H3,(H,27,28)/t15-/m0/s1. The number of aliphatic carboxylic acids is 1. The maximum Gasteiger partial charge on any atom is 0.423 e. The van der Waals surface area contributed by atoms with Crippen molar-refractivity contribution >= 4 is 19.7 Å². The molecule has 0 spiro atoms. The van der Waals surface area contributed by atoms with Crippen molar-refractivity contribution in [2.45, 2.75) is 57.5 Å². The molecular weight excluding hydrogens is 447 g/mol. The first kappa shape index (κ1) is 25.9. The molecule has 12 heteroatoms. The van der Waals surface area contributed by atoms with Crippen molar-refractivity contribution in [1.82, 2.24) is 9.78 Å². The molecule has 1 saturated heterocycles. The third-order valence-corrected chi connectivity index (χ3v) is 6.59. The molecule has 0 amide bonds. The Morgan fingerprint density at radius 1 is 1.34 bits per heavy atom. The van der Waals surface area contributed by atoms with Crippen molar-refractivity contribution in [3.05, 3.63) is 22.1 Å². The van der Waals surface area contributed by atoms with Gasteiger partial charge in [0.2, 0.25) is 0 Å². The average Bonchev–Trinajstić information content (AvgIpc) is 3.12. The predicted molar refractivity (Wildman–Crippen MR) is 114 cm³/mol. The van der Waals surface area contributed by atoms with Crippen LogP contribution in [0.5, 0.6) is 0 Å². The van der Waals surface area contributed by atoms with Crippen LogP contribution < -0.4 is 10.5 Å². The third-order valence-electron chi connectivity index (χ3n) is 4.88. The zero-order valence-electron chi connectivity index (χ0n) is 18.4. The minimum atomic E-state index is -4.86. The largest absolute Gasteiger partial charge is 0.472 e. The summed E-state index contributed by atoms with van der Waals surface area (Å²) >= 11 is 0. The minimum absolute atomic E-state index is 0.0501. The molecule has 0 aliphatic carbocycles. The smallest absolute Gasteiger partial charge is 0.423 e. The summed E-state index contributed by atoms with van der Waals surface area (Å²) in [7, 11) is -1.38. The van der Waals surface area contributed by atoms with E-state index in [9.17, 15) is 22.8 Å². The second-order valence-corrected chi connectivity index (χ2v) is 14.3. The van der Waals surface area contributed by atoms with Gasteiger partial charge in [-0.25, -0.2) is 9.48 Å². The monoisotopic (exact) mass is 475 g/mol. The Morgan fingerprint density at radius 3 is 2.69 bits per heavy atom. The van der Waals surface area contributed by atoms with Gasteiger partial charge in [0.05, 0.1) is 24.5 Å². The lowest BCUT2D eigenvalue weighted by molar-refractivity contribution is -0.139. The summed E-state index contributed by atoms with van der Waals surface area (Å²) in [5.41, 5.74) is -2.82. The van der Waals surface area contributed by atoms with E-state index in [0.717, 1.165) is 12.2 Å². The highest BCUT2D eigenvalue weighted by Crippen LogP contribution is 2.36. The predicted octanol–water partition coefficient (Wildman–Crippen LogP) is 2.65. The van der Waals surface area contributed by atoms with Crippen molar-refractivity contribution < 1.29 is 32.5 Å². The summed E-state index contributed by atoms with van der Waals surface area (Å²) in [5, 5.41) is 12.4. The van der Waals surface area contributed by atoms with Crippen LogP contribution in [-0.4, -0.2) is 61.3 Å². The molecule has 0 radical (unpaired) electrons. The maximum atomic E-state index is 13.8. The Balaban J connectivity index is 2.18. The van der Waals surface area contributed by atoms with Gasteiger partial charge >= 0.3 is 12.1 Å². The van der Waals surface area contributed by atoms with E-state index in [-0.39, 0.29) is 25.6 Å². The summed E-state index contributed by atoms with van der Waals surface area (Å²) < 4.78 is 52.9. The van der Waals surface area contributed by atoms with E-state index >= 15 is 0 Å². The van der Waals surface area contributed by atoms with Crippen molar-refractivity contribution in [2.75, 3.05) is 31.3 Å². The molecule has 1 N–H and O–H groups in total. The fourth-order valence-corrected chi connectivity index (χ4v) is 4.03. The van der Waals surface area contributed by atoms with Gasteiger partial charge in [-0.05, 0) is 18.9 Å². The molecule has 178 valence electrons. The van der Waals surface area contributed by atoms with Crippen LogP contribution in [0.2, 0.25) is 25.7 Å². The van der Waals surface area contributed by atoms with Crippen LogP contribution >= 0.6 is 0 Å². The highest BCUT2D eigenvalue weighted by molar-refractivity contribution is 6.76. The molecule has 1 aromatic heterocycles. The molecular formula is C20H28F3N3O5Si. The Hall–Kier alpha value is -2.36. The van der Waals surface area contributed by atoms with Gasteiger partial charge in [-0.3, -0.25) is 4.79 Å². The summed E-state index contributed by atoms with van der Waals surface area (Å²) in [6.45, 7) is 6.65. The van der Waals surface area contributed by atoms with Crippen LogP contribution in [0, 0.1) is 11.8 Å². The van der Waals surface area contributed by atoms with Crippen LogP contribution in [0.4, 0.5) is 18.9 Å². The van der Waals surface area contributed by atoms with Crippen molar-refractivity contribution in [3.63, 3.8) is 0 Å². The minimum Gasteiger partial charge on any atom is -0.472 e. The third kappa shape index (κ3) is 7.65. The molecule has 0 saturated carbocycles. The molecule has 2 rings (SSSR count). The van der Waals surface area contributed by atoms with Gasteiger partial charge in [-0.15, -0.1) is 0 Å². The maximum absolute atomic E-state index is 13.8. The number of hydrogen-bond acceptors (Lipinski definition) is 6. The number of ether oxygens (including phenoxy) is 2. The summed E-state index contributed by atoms with van der Waals surface area (Å²) in [6, 6.07) is 0.408. The number of alkyl halides is 3. The first-order chi connectivity index (χ1) is 14.9. The van der Waals surface area contributed by atoms with Gasteiger partial charge in [0.1, 0.15) is 18.9 Å². The second-order valence-electron chi connectivity index (χ2n) is 8.67. The lowest BCUT2D eigenvalue weighted by Crippen LogP contribution is -2.39. The first-order valence-electron chi connectivity index (χ1n) is 10.2. The number of anilines is 1. The number of hydrogen-bond donors (Lipinski definition) is 1. The molecule has 1 aliphatic rings. The van der Waals surface area contributed by atoms with E-state index < -0.39 is 37.4 Å². The molecule has 1 atom stereocenters. The second kappa shape index (κ2) is 11.0. The van der Waals surface area contributed by atoms with Gasteiger partial charge in [0.25, 0.3) is 5.56 Å². The van der Waals surface area contributed by atoms with Crippen molar-refractivity contribution in [1.29, 1.82) is 0 Å². The average molecular weight is 476 g/mol. The van der Waals surface area contributed by atoms with Gasteiger partial charge < -0.3 is 19.5 Å². The zero-order valence-corrected chi connectivity index (χ0v) is 19.4. The molecule has 0 aromatic carbocycles. The van der Waals surface area contributed by atoms with Crippen LogP contribution in [0.15, 0.2) is 11.0 Å². The van der Waals surface area contributed by atoms with Gasteiger partial charge in [-0.2, -0.15) is 18.3 Å². The van der Waals surface area contributed by atoms with E-state index in [0.29, 0.717) is 30.7 Å². The number of halogens is 3. The Labute approximate surface area is 185 Å². The zero-order chi connectivity index (χ0) is 23.9. The number of carboxylic acids is 1. The highest BCUT2D eigenvalue weighted by atomic mass is 28.3. The molecule has 8 nitrogen and oxygen atoms in total. The van der Waals surface area contributed by atoms with E-state index in [2.05, 4.69) is 30.7 Å². The summed E-state index contributed by atoms with van der Waals surface area (Å²) in [6.07, 6.45) is -2.63. The van der Waals surface area contributed by atoms with Crippen molar-refractivity contribution in [2.24, 2.45) is 0 Å². The number of rotatable bonds is 9. The highest BCUT2D eigenvalue weighted by Gasteiger charge is 2.41. The fraction of sp³-hybridized carbons (Fsp3) is 0.650. The lowest BCUT2D eigenvalue weighted by Gasteiger charge is -2.28. The van der Waals surface area contributed by atoms with Crippen molar-refractivity contribution in [3.8, 4) is 11.8 Å². The van der Waals surface area contributed by atoms with Gasteiger partial charge in [0.15, 0.2) is 0 Å². The quantitative estimate of drug-likeness (QED) is 0.333. The van der Waals surface area contributed by atoms with Gasteiger partial charge in [-0.1, -0.05) is 25.6 Å². The number of aromatic nitrogens is 2. The SMILES string of the molecule is C[Si](C)(C)CCOCn1ncc(N2CCC[C@H]2COCC#CC(=O)O)c(C(F)(F)F)c1=O. The fourth-order valence-electron chi connectivity index (χ4n) is 3.27. The topological polar surface area (TPSA) is 93.9 Å². The molecule has 1 fully saturated rings. The Morgan fingerprint density at radius 2 is 2.06 bits per heavy atom. The summed E-state index contributed by atoms with van der Waals surface area (Å²) in [4.78, 5) is 24.5. The molecule has 0 unspecified atom stereocenters. The molecule has 0 bridgehead atoms. The number of carbonyl (C=O) groups is 1. The Kier molecular flexibility index (Phi) is 8.88. The number of nitrogens with zero attached hydrogens (tertiary/aromatic N) is 3. The van der Waals surface area contributed by atoms with Gasteiger partial charge in [0, 0.05) is 27.1 Å². The van der Waals surface area contributed by atoms with E-state index in [1.165, 1.54) is 4.90 Å². The van der Waals surface area contributed by atoms with Crippen LogP contribution in [0.25, 0.3) is 0 Å². The van der Waals surface area contributed by atoms with E-state index in [1.54, 1.807) is 0 Å². The molecule has 1 aliphatic heterocycles. The van der Waals surface area contributed by atoms with Crippen LogP contribution in [0.1, 0.15) is 18.4 Å². The number of carboxylic acid groups (broad SMARTS) is 1. The molecule has 2 heterocycles. The van der Waals surface area contributed by atoms with Crippen LogP contribution in [0.3, 0.4) is 0 Å². The lowest BCUT2D eigenvalue weighted by atomic mass is 10.2. The summed E-state index contributed by atoms with van der Waals surface area (Å²) in [5.74, 6) is 2.91. The molecule has 32 heavy (non-hydrogen) atoms. The van der Waals surface area contributed by atoms with E-state index in [4.69, 9.17) is 14.6 Å².